The van der Waals surface area contributed by atoms with Crippen molar-refractivity contribution in [2.75, 3.05) is 0 Å². The van der Waals surface area contributed by atoms with Gasteiger partial charge in [-0.25, -0.2) is 8.78 Å². The SMILES string of the molecule is CC(=O)c1ccccc1C1CCCC(F)(F)C1. The van der Waals surface area contributed by atoms with Crippen LogP contribution in [0.3, 0.4) is 0 Å². The van der Waals surface area contributed by atoms with Crippen LogP contribution in [0.5, 0.6) is 0 Å². The van der Waals surface area contributed by atoms with Gasteiger partial charge in [-0.15, -0.1) is 0 Å². The van der Waals surface area contributed by atoms with Crippen molar-refractivity contribution in [3.63, 3.8) is 0 Å². The Morgan fingerprint density at radius 2 is 2.06 bits per heavy atom. The number of Topliss-reactive ketones (excluding diaryl/α,β-unsaturated/α-hetero) is 1. The van der Waals surface area contributed by atoms with Crippen molar-refractivity contribution >= 4 is 5.78 Å². The Hall–Kier alpha value is -1.25. The van der Waals surface area contributed by atoms with E-state index < -0.39 is 5.92 Å². The first-order valence-corrected chi connectivity index (χ1v) is 5.97. The second-order valence-corrected chi connectivity index (χ2v) is 4.79. The number of benzene rings is 1. The average Bonchev–Trinajstić information content (AvgIpc) is 2.27. The molecule has 0 aromatic heterocycles. The standard InChI is InChI=1S/C14H16F2O/c1-10(17)12-6-2-3-7-13(12)11-5-4-8-14(15,16)9-11/h2-3,6-7,11H,4-5,8-9H2,1H3. The van der Waals surface area contributed by atoms with Gasteiger partial charge in [-0.3, -0.25) is 4.79 Å². The van der Waals surface area contributed by atoms with Crippen molar-refractivity contribution in [3.05, 3.63) is 35.4 Å². The molecule has 1 aliphatic rings. The number of carbonyl (C=O) groups excluding carboxylic acids is 1. The smallest absolute Gasteiger partial charge is 0.248 e. The molecule has 0 spiro atoms. The van der Waals surface area contributed by atoms with Crippen LogP contribution < -0.4 is 0 Å². The highest BCUT2D eigenvalue weighted by atomic mass is 19.3. The topological polar surface area (TPSA) is 17.1 Å². The molecule has 1 aromatic carbocycles. The number of hydrogen-bond donors (Lipinski definition) is 0. The third-order valence-corrected chi connectivity index (χ3v) is 3.42. The minimum Gasteiger partial charge on any atom is -0.295 e. The van der Waals surface area contributed by atoms with Crippen LogP contribution in [0.4, 0.5) is 8.78 Å². The van der Waals surface area contributed by atoms with Crippen molar-refractivity contribution < 1.29 is 13.6 Å². The summed E-state index contributed by atoms with van der Waals surface area (Å²) in [5.41, 5.74) is 1.38. The maximum absolute atomic E-state index is 13.4. The Balaban J connectivity index is 2.30. The molecule has 0 heterocycles. The lowest BCUT2D eigenvalue weighted by Gasteiger charge is -2.30. The van der Waals surface area contributed by atoms with E-state index in [9.17, 15) is 13.6 Å². The van der Waals surface area contributed by atoms with E-state index >= 15 is 0 Å². The third kappa shape index (κ3) is 2.71. The molecule has 0 saturated heterocycles. The molecule has 0 amide bonds. The summed E-state index contributed by atoms with van der Waals surface area (Å²) in [7, 11) is 0. The normalized spacial score (nSPS) is 23.4. The molecule has 1 nitrogen and oxygen atoms in total. The number of rotatable bonds is 2. The lowest BCUT2D eigenvalue weighted by Crippen LogP contribution is -2.25. The van der Waals surface area contributed by atoms with Gasteiger partial charge in [-0.2, -0.15) is 0 Å². The molecule has 0 N–H and O–H groups in total. The van der Waals surface area contributed by atoms with E-state index in [4.69, 9.17) is 0 Å². The number of carbonyl (C=O) groups is 1. The summed E-state index contributed by atoms with van der Waals surface area (Å²) in [5.74, 6) is -2.80. The van der Waals surface area contributed by atoms with Crippen LogP contribution in [0, 0.1) is 0 Å². The van der Waals surface area contributed by atoms with E-state index in [1.807, 2.05) is 12.1 Å². The maximum atomic E-state index is 13.4. The summed E-state index contributed by atoms with van der Waals surface area (Å²) in [4.78, 5) is 11.5. The highest BCUT2D eigenvalue weighted by molar-refractivity contribution is 5.95. The molecule has 92 valence electrons. The highest BCUT2D eigenvalue weighted by Crippen LogP contribution is 2.42. The van der Waals surface area contributed by atoms with Crippen LogP contribution in [0.2, 0.25) is 0 Å². The van der Waals surface area contributed by atoms with E-state index in [0.29, 0.717) is 12.0 Å². The van der Waals surface area contributed by atoms with Crippen LogP contribution in [-0.2, 0) is 0 Å². The zero-order chi connectivity index (χ0) is 12.5. The largest absolute Gasteiger partial charge is 0.295 e. The molecule has 1 unspecified atom stereocenters. The first kappa shape index (κ1) is 12.2. The first-order valence-electron chi connectivity index (χ1n) is 5.97. The van der Waals surface area contributed by atoms with Gasteiger partial charge >= 0.3 is 0 Å². The molecular formula is C14H16F2O. The van der Waals surface area contributed by atoms with Gasteiger partial charge in [0.25, 0.3) is 0 Å². The minimum atomic E-state index is -2.58. The number of ketones is 1. The predicted molar refractivity (Wildman–Crippen MR) is 62.6 cm³/mol. The number of alkyl halides is 2. The van der Waals surface area contributed by atoms with Crippen LogP contribution >= 0.6 is 0 Å². The monoisotopic (exact) mass is 238 g/mol. The lowest BCUT2D eigenvalue weighted by atomic mass is 9.80. The summed E-state index contributed by atoms with van der Waals surface area (Å²) in [6.45, 7) is 1.49. The van der Waals surface area contributed by atoms with Gasteiger partial charge in [0.2, 0.25) is 5.92 Å². The fourth-order valence-corrected chi connectivity index (χ4v) is 2.61. The van der Waals surface area contributed by atoms with Gasteiger partial charge in [-0.05, 0) is 31.2 Å². The molecule has 1 atom stereocenters. The van der Waals surface area contributed by atoms with E-state index in [2.05, 4.69) is 0 Å². The Morgan fingerprint density at radius 1 is 1.35 bits per heavy atom. The molecule has 1 fully saturated rings. The van der Waals surface area contributed by atoms with Crippen molar-refractivity contribution in [1.82, 2.24) is 0 Å². The molecule has 0 bridgehead atoms. The quantitative estimate of drug-likeness (QED) is 0.706. The van der Waals surface area contributed by atoms with Gasteiger partial charge in [-0.1, -0.05) is 24.3 Å². The van der Waals surface area contributed by atoms with Crippen LogP contribution in [0.15, 0.2) is 24.3 Å². The highest BCUT2D eigenvalue weighted by Gasteiger charge is 2.37. The predicted octanol–water partition coefficient (Wildman–Crippen LogP) is 4.18. The molecule has 1 aliphatic carbocycles. The molecule has 0 aliphatic heterocycles. The van der Waals surface area contributed by atoms with Gasteiger partial charge in [0.1, 0.15) is 0 Å². The molecule has 1 aromatic rings. The molecule has 2 rings (SSSR count). The van der Waals surface area contributed by atoms with E-state index in [1.165, 1.54) is 6.92 Å². The number of halogens is 2. The fraction of sp³-hybridized carbons (Fsp3) is 0.500. The minimum absolute atomic E-state index is 0.0221. The van der Waals surface area contributed by atoms with E-state index in [-0.39, 0.29) is 24.5 Å². The summed E-state index contributed by atoms with van der Waals surface area (Å²) >= 11 is 0. The van der Waals surface area contributed by atoms with Crippen molar-refractivity contribution in [3.8, 4) is 0 Å². The Kier molecular flexibility index (Phi) is 3.27. The molecule has 1 saturated carbocycles. The molecule has 17 heavy (non-hydrogen) atoms. The third-order valence-electron chi connectivity index (χ3n) is 3.42. The maximum Gasteiger partial charge on any atom is 0.248 e. The van der Waals surface area contributed by atoms with Gasteiger partial charge < -0.3 is 0 Å². The number of hydrogen-bond acceptors (Lipinski definition) is 1. The first-order chi connectivity index (χ1) is 7.99. The Morgan fingerprint density at radius 3 is 2.71 bits per heavy atom. The molecule has 0 radical (unpaired) electrons. The van der Waals surface area contributed by atoms with Crippen LogP contribution in [-0.4, -0.2) is 11.7 Å². The van der Waals surface area contributed by atoms with Crippen molar-refractivity contribution in [1.29, 1.82) is 0 Å². The van der Waals surface area contributed by atoms with E-state index in [1.54, 1.807) is 12.1 Å². The lowest BCUT2D eigenvalue weighted by molar-refractivity contribution is -0.0408. The van der Waals surface area contributed by atoms with E-state index in [0.717, 1.165) is 12.0 Å². The summed E-state index contributed by atoms with van der Waals surface area (Å²) < 4.78 is 26.8. The van der Waals surface area contributed by atoms with Crippen LogP contribution in [0.25, 0.3) is 0 Å². The second-order valence-electron chi connectivity index (χ2n) is 4.79. The van der Waals surface area contributed by atoms with Crippen molar-refractivity contribution in [2.24, 2.45) is 0 Å². The van der Waals surface area contributed by atoms with Gasteiger partial charge in [0, 0.05) is 18.4 Å². The average molecular weight is 238 g/mol. The summed E-state index contributed by atoms with van der Waals surface area (Å²) in [6, 6.07) is 7.13. The molecule has 3 heteroatoms. The Bertz CT molecular complexity index is 426. The van der Waals surface area contributed by atoms with Gasteiger partial charge in [0.15, 0.2) is 5.78 Å². The van der Waals surface area contributed by atoms with Crippen molar-refractivity contribution in [2.45, 2.75) is 44.4 Å². The fourth-order valence-electron chi connectivity index (χ4n) is 2.61. The zero-order valence-corrected chi connectivity index (χ0v) is 9.88. The van der Waals surface area contributed by atoms with Crippen LogP contribution in [0.1, 0.15) is 54.4 Å². The zero-order valence-electron chi connectivity index (χ0n) is 9.88. The molecular weight excluding hydrogens is 222 g/mol. The summed E-state index contributed by atoms with van der Waals surface area (Å²) in [6.07, 6.45) is 1.13. The summed E-state index contributed by atoms with van der Waals surface area (Å²) in [5, 5.41) is 0. The Labute approximate surface area is 99.8 Å². The van der Waals surface area contributed by atoms with Gasteiger partial charge in [0.05, 0.1) is 0 Å². The second kappa shape index (κ2) is 4.55.